The van der Waals surface area contributed by atoms with Crippen LogP contribution in [0.3, 0.4) is 0 Å². The summed E-state index contributed by atoms with van der Waals surface area (Å²) in [4.78, 5) is 13.8. The first kappa shape index (κ1) is 14.7. The monoisotopic (exact) mass is 300 g/mol. The maximum atomic E-state index is 12.3. The first-order chi connectivity index (χ1) is 10.5. The average Bonchev–Trinajstić information content (AvgIpc) is 3.24. The van der Waals surface area contributed by atoms with Crippen molar-refractivity contribution in [1.82, 2.24) is 19.9 Å². The third-order valence-electron chi connectivity index (χ3n) is 3.95. The molecular weight excluding hydrogens is 280 g/mol. The van der Waals surface area contributed by atoms with Crippen LogP contribution in [0.2, 0.25) is 0 Å². The molecule has 6 nitrogen and oxygen atoms in total. The third kappa shape index (κ3) is 3.17. The highest BCUT2D eigenvalue weighted by atomic mass is 16.3. The van der Waals surface area contributed by atoms with Crippen molar-refractivity contribution < 1.29 is 9.90 Å². The number of likely N-dealkylation sites (N-methyl/N-ethyl adjacent to an activating group) is 1. The molecule has 0 aliphatic heterocycles. The Morgan fingerprint density at radius 2 is 2.27 bits per heavy atom. The molecule has 116 valence electrons. The Morgan fingerprint density at radius 1 is 1.50 bits per heavy atom. The van der Waals surface area contributed by atoms with Crippen molar-refractivity contribution in [2.24, 2.45) is 5.92 Å². The Labute approximate surface area is 129 Å². The molecule has 1 aliphatic carbocycles. The summed E-state index contributed by atoms with van der Waals surface area (Å²) in [7, 11) is 1.68. The molecule has 0 radical (unpaired) electrons. The van der Waals surface area contributed by atoms with Crippen LogP contribution in [-0.2, 0) is 0 Å². The zero-order valence-corrected chi connectivity index (χ0v) is 12.8. The number of carbonyl (C=O) groups is 1. The van der Waals surface area contributed by atoms with Gasteiger partial charge in [0.05, 0.1) is 18.0 Å². The van der Waals surface area contributed by atoms with Gasteiger partial charge in [-0.15, -0.1) is 5.10 Å². The molecule has 0 bridgehead atoms. The Balaban J connectivity index is 1.71. The molecule has 1 fully saturated rings. The van der Waals surface area contributed by atoms with Gasteiger partial charge in [-0.2, -0.15) is 0 Å². The molecule has 1 unspecified atom stereocenters. The summed E-state index contributed by atoms with van der Waals surface area (Å²) in [5.41, 5.74) is 2.27. The van der Waals surface area contributed by atoms with Crippen LogP contribution in [0.1, 0.15) is 28.9 Å². The van der Waals surface area contributed by atoms with Gasteiger partial charge in [0.25, 0.3) is 5.91 Å². The minimum Gasteiger partial charge on any atom is -0.391 e. The van der Waals surface area contributed by atoms with Crippen molar-refractivity contribution in [3.63, 3.8) is 0 Å². The van der Waals surface area contributed by atoms with Crippen molar-refractivity contribution in [1.29, 1.82) is 0 Å². The van der Waals surface area contributed by atoms with E-state index in [2.05, 4.69) is 10.3 Å². The zero-order chi connectivity index (χ0) is 15.7. The quantitative estimate of drug-likeness (QED) is 0.906. The Kier molecular flexibility index (Phi) is 3.94. The van der Waals surface area contributed by atoms with E-state index in [4.69, 9.17) is 0 Å². The zero-order valence-electron chi connectivity index (χ0n) is 12.8. The number of aliphatic hydroxyl groups is 1. The molecule has 22 heavy (non-hydrogen) atoms. The Hall–Kier alpha value is -2.21. The topological polar surface area (TPSA) is 71.2 Å². The van der Waals surface area contributed by atoms with Gasteiger partial charge in [0.2, 0.25) is 0 Å². The number of benzene rings is 1. The number of aromatic nitrogens is 3. The molecule has 0 saturated heterocycles. The number of amides is 1. The van der Waals surface area contributed by atoms with E-state index in [9.17, 15) is 9.90 Å². The third-order valence-corrected chi connectivity index (χ3v) is 3.95. The second kappa shape index (κ2) is 5.88. The minimum atomic E-state index is -0.444. The maximum Gasteiger partial charge on any atom is 0.275 e. The summed E-state index contributed by atoms with van der Waals surface area (Å²) in [6, 6.07) is 7.82. The van der Waals surface area contributed by atoms with Crippen molar-refractivity contribution >= 4 is 5.91 Å². The number of rotatable bonds is 5. The molecule has 1 N–H and O–H groups in total. The van der Waals surface area contributed by atoms with Gasteiger partial charge in [0.15, 0.2) is 5.69 Å². The summed E-state index contributed by atoms with van der Waals surface area (Å²) in [6.07, 6.45) is 3.28. The fourth-order valence-corrected chi connectivity index (χ4v) is 2.45. The van der Waals surface area contributed by atoms with Gasteiger partial charge in [-0.05, 0) is 43.4 Å². The standard InChI is InChI=1S/C16H20N4O2/c1-11-4-3-5-13(8-11)20-9-14(17-18-20)16(22)19(2)10-15(21)12-6-7-12/h3-5,8-9,12,15,21H,6-7,10H2,1-2H3. The summed E-state index contributed by atoms with van der Waals surface area (Å²) in [5.74, 6) is 0.122. The maximum absolute atomic E-state index is 12.3. The molecule has 6 heteroatoms. The van der Waals surface area contributed by atoms with Crippen LogP contribution < -0.4 is 0 Å². The number of carbonyl (C=O) groups excluding carboxylic acids is 1. The number of nitrogens with zero attached hydrogens (tertiary/aromatic N) is 4. The molecule has 3 rings (SSSR count). The SMILES string of the molecule is Cc1cccc(-n2cc(C(=O)N(C)CC(O)C3CC3)nn2)c1. The fraction of sp³-hybridized carbons (Fsp3) is 0.438. The molecule has 2 aromatic rings. The van der Waals surface area contributed by atoms with Crippen LogP contribution in [-0.4, -0.2) is 50.6 Å². The predicted molar refractivity (Wildman–Crippen MR) is 81.8 cm³/mol. The summed E-state index contributed by atoms with van der Waals surface area (Å²) >= 11 is 0. The minimum absolute atomic E-state index is 0.224. The van der Waals surface area contributed by atoms with E-state index in [1.165, 1.54) is 4.90 Å². The van der Waals surface area contributed by atoms with Gasteiger partial charge in [0, 0.05) is 13.6 Å². The van der Waals surface area contributed by atoms with Gasteiger partial charge in [-0.1, -0.05) is 17.3 Å². The van der Waals surface area contributed by atoms with E-state index >= 15 is 0 Å². The number of hydrogen-bond donors (Lipinski definition) is 1. The van der Waals surface area contributed by atoms with Crippen LogP contribution in [0, 0.1) is 12.8 Å². The Bertz CT molecular complexity index is 678. The number of aryl methyl sites for hydroxylation is 1. The summed E-state index contributed by atoms with van der Waals surface area (Å²) in [6.45, 7) is 2.33. The van der Waals surface area contributed by atoms with Crippen LogP contribution >= 0.6 is 0 Å². The van der Waals surface area contributed by atoms with Crippen molar-refractivity contribution in [2.45, 2.75) is 25.9 Å². The van der Waals surface area contributed by atoms with Crippen LogP contribution in [0.15, 0.2) is 30.5 Å². The van der Waals surface area contributed by atoms with E-state index < -0.39 is 6.10 Å². The lowest BCUT2D eigenvalue weighted by Crippen LogP contribution is -2.35. The largest absolute Gasteiger partial charge is 0.391 e. The van der Waals surface area contributed by atoms with E-state index in [0.29, 0.717) is 12.5 Å². The van der Waals surface area contributed by atoms with E-state index in [1.807, 2.05) is 31.2 Å². The lowest BCUT2D eigenvalue weighted by Gasteiger charge is -2.19. The van der Waals surface area contributed by atoms with E-state index in [0.717, 1.165) is 24.1 Å². The van der Waals surface area contributed by atoms with Crippen molar-refractivity contribution in [2.75, 3.05) is 13.6 Å². The number of hydrogen-bond acceptors (Lipinski definition) is 4. The van der Waals surface area contributed by atoms with Crippen LogP contribution in [0.25, 0.3) is 5.69 Å². The predicted octanol–water partition coefficient (Wildman–Crippen LogP) is 1.42. The van der Waals surface area contributed by atoms with Crippen molar-refractivity contribution in [3.8, 4) is 5.69 Å². The molecule has 1 amide bonds. The molecular formula is C16H20N4O2. The normalized spacial score (nSPS) is 15.6. The Morgan fingerprint density at radius 3 is 2.95 bits per heavy atom. The summed E-state index contributed by atoms with van der Waals surface area (Å²) < 4.78 is 1.59. The molecule has 1 aliphatic rings. The van der Waals surface area contributed by atoms with Gasteiger partial charge in [-0.25, -0.2) is 4.68 Å². The molecule has 1 heterocycles. The summed E-state index contributed by atoms with van der Waals surface area (Å²) in [5, 5.41) is 17.9. The van der Waals surface area contributed by atoms with E-state index in [-0.39, 0.29) is 11.6 Å². The van der Waals surface area contributed by atoms with Gasteiger partial charge < -0.3 is 10.0 Å². The molecule has 1 aromatic heterocycles. The molecule has 1 aromatic carbocycles. The van der Waals surface area contributed by atoms with Gasteiger partial charge in [-0.3, -0.25) is 4.79 Å². The van der Waals surface area contributed by atoms with Gasteiger partial charge >= 0.3 is 0 Å². The second-order valence-electron chi connectivity index (χ2n) is 5.98. The molecule has 1 atom stereocenters. The average molecular weight is 300 g/mol. The highest BCUT2D eigenvalue weighted by Gasteiger charge is 2.31. The molecule has 0 spiro atoms. The highest BCUT2D eigenvalue weighted by Crippen LogP contribution is 2.32. The lowest BCUT2D eigenvalue weighted by molar-refractivity contribution is 0.0640. The molecule has 1 saturated carbocycles. The second-order valence-corrected chi connectivity index (χ2v) is 5.98. The first-order valence-electron chi connectivity index (χ1n) is 7.47. The fourth-order valence-electron chi connectivity index (χ4n) is 2.45. The lowest BCUT2D eigenvalue weighted by atomic mass is 10.2. The van der Waals surface area contributed by atoms with Crippen LogP contribution in [0.4, 0.5) is 0 Å². The van der Waals surface area contributed by atoms with Gasteiger partial charge in [0.1, 0.15) is 0 Å². The smallest absolute Gasteiger partial charge is 0.275 e. The highest BCUT2D eigenvalue weighted by molar-refractivity contribution is 5.91. The van der Waals surface area contributed by atoms with E-state index in [1.54, 1.807) is 17.9 Å². The first-order valence-corrected chi connectivity index (χ1v) is 7.47. The van der Waals surface area contributed by atoms with Crippen LogP contribution in [0.5, 0.6) is 0 Å². The van der Waals surface area contributed by atoms with Crippen molar-refractivity contribution in [3.05, 3.63) is 41.7 Å². The number of aliphatic hydroxyl groups excluding tert-OH is 1.